The molecule has 0 aliphatic carbocycles. The maximum absolute atomic E-state index is 6.01. The molecule has 0 atom stereocenters. The Hall–Kier alpha value is -0.0800. The largest absolute Gasteiger partial charge is 0.197 e. The van der Waals surface area contributed by atoms with Crippen molar-refractivity contribution in [2.45, 2.75) is 52.6 Å². The van der Waals surface area contributed by atoms with Gasteiger partial charge in [0.25, 0.3) is 0 Å². The summed E-state index contributed by atoms with van der Waals surface area (Å²) < 4.78 is 0.675. The number of nitrogens with zero attached hydrogens (tertiary/aromatic N) is 1. The Morgan fingerprint density at radius 3 is 2.08 bits per heavy atom. The van der Waals surface area contributed by atoms with Crippen LogP contribution in [0.4, 0.5) is 0 Å². The standard InChI is InChI=1S/C11H26NO/c1-7-9-10-12(5,6)13-11(3,4)8-2/h7-10H2,1-6H3/q+1. The van der Waals surface area contributed by atoms with Crippen molar-refractivity contribution in [2.75, 3.05) is 20.6 Å². The highest BCUT2D eigenvalue weighted by atomic mass is 16.7. The minimum Gasteiger partial charge on any atom is -0.197 e. The van der Waals surface area contributed by atoms with Crippen LogP contribution < -0.4 is 0 Å². The predicted molar refractivity (Wildman–Crippen MR) is 57.3 cm³/mol. The fourth-order valence-electron chi connectivity index (χ4n) is 1.32. The quantitative estimate of drug-likeness (QED) is 0.460. The first-order valence-corrected chi connectivity index (χ1v) is 5.37. The molecule has 0 N–H and O–H groups in total. The molecule has 0 aromatic carbocycles. The van der Waals surface area contributed by atoms with Crippen LogP contribution in [0.3, 0.4) is 0 Å². The highest BCUT2D eigenvalue weighted by Gasteiger charge is 2.27. The maximum Gasteiger partial charge on any atom is 0.121 e. The van der Waals surface area contributed by atoms with E-state index in [4.69, 9.17) is 4.84 Å². The van der Waals surface area contributed by atoms with E-state index in [-0.39, 0.29) is 5.60 Å². The molecular formula is C11H26NO+. The zero-order valence-corrected chi connectivity index (χ0v) is 10.2. The fraction of sp³-hybridized carbons (Fsp3) is 1.00. The van der Waals surface area contributed by atoms with Gasteiger partial charge in [-0.3, -0.25) is 0 Å². The van der Waals surface area contributed by atoms with Gasteiger partial charge in [0.15, 0.2) is 0 Å². The van der Waals surface area contributed by atoms with Crippen molar-refractivity contribution in [3.63, 3.8) is 0 Å². The van der Waals surface area contributed by atoms with E-state index in [1.807, 2.05) is 0 Å². The van der Waals surface area contributed by atoms with Crippen LogP contribution in [-0.2, 0) is 4.84 Å². The molecule has 0 aliphatic heterocycles. The van der Waals surface area contributed by atoms with E-state index in [0.717, 1.165) is 13.0 Å². The smallest absolute Gasteiger partial charge is 0.121 e. The third kappa shape index (κ3) is 6.05. The molecule has 0 aromatic heterocycles. The molecule has 0 saturated carbocycles. The number of hydroxylamine groups is 3. The summed E-state index contributed by atoms with van der Waals surface area (Å²) in [5.41, 5.74) is -0.00274. The Morgan fingerprint density at radius 1 is 1.15 bits per heavy atom. The van der Waals surface area contributed by atoms with Crippen LogP contribution in [0.2, 0.25) is 0 Å². The number of hydrogen-bond donors (Lipinski definition) is 0. The van der Waals surface area contributed by atoms with Crippen molar-refractivity contribution >= 4 is 0 Å². The molecule has 0 rings (SSSR count). The number of hydrogen-bond acceptors (Lipinski definition) is 1. The van der Waals surface area contributed by atoms with Crippen molar-refractivity contribution in [3.05, 3.63) is 0 Å². The molecule has 0 amide bonds. The molecule has 0 unspecified atom stereocenters. The summed E-state index contributed by atoms with van der Waals surface area (Å²) in [4.78, 5) is 6.01. The molecule has 0 heterocycles. The maximum atomic E-state index is 6.01. The number of unbranched alkanes of at least 4 members (excludes halogenated alkanes) is 1. The Kier molecular flexibility index (Phi) is 4.93. The first-order chi connectivity index (χ1) is 5.83. The van der Waals surface area contributed by atoms with Gasteiger partial charge in [0.05, 0.1) is 14.1 Å². The van der Waals surface area contributed by atoms with Gasteiger partial charge in [-0.2, -0.15) is 9.48 Å². The van der Waals surface area contributed by atoms with Crippen molar-refractivity contribution in [2.24, 2.45) is 0 Å². The van der Waals surface area contributed by atoms with Crippen LogP contribution in [0, 0.1) is 0 Å². The molecule has 0 radical (unpaired) electrons. The van der Waals surface area contributed by atoms with E-state index in [1.54, 1.807) is 0 Å². The molecule has 0 bridgehead atoms. The van der Waals surface area contributed by atoms with Crippen LogP contribution in [-0.4, -0.2) is 30.9 Å². The van der Waals surface area contributed by atoms with E-state index in [1.165, 1.54) is 12.8 Å². The lowest BCUT2D eigenvalue weighted by Crippen LogP contribution is -2.47. The SMILES string of the molecule is CCCC[N+](C)(C)OC(C)(C)CC. The average Bonchev–Trinajstić information content (AvgIpc) is 1.99. The zero-order chi connectivity index (χ0) is 10.5. The highest BCUT2D eigenvalue weighted by Crippen LogP contribution is 2.19. The van der Waals surface area contributed by atoms with Gasteiger partial charge < -0.3 is 0 Å². The van der Waals surface area contributed by atoms with Crippen molar-refractivity contribution in [1.29, 1.82) is 0 Å². The van der Waals surface area contributed by atoms with Crippen molar-refractivity contribution < 1.29 is 9.48 Å². The number of quaternary nitrogens is 1. The molecule has 0 saturated heterocycles. The topological polar surface area (TPSA) is 9.23 Å². The molecule has 2 heteroatoms. The molecular weight excluding hydrogens is 162 g/mol. The first kappa shape index (κ1) is 12.9. The highest BCUT2D eigenvalue weighted by molar-refractivity contribution is 4.62. The van der Waals surface area contributed by atoms with Gasteiger partial charge in [-0.05, 0) is 26.7 Å². The molecule has 13 heavy (non-hydrogen) atoms. The van der Waals surface area contributed by atoms with E-state index >= 15 is 0 Å². The summed E-state index contributed by atoms with van der Waals surface area (Å²) >= 11 is 0. The summed E-state index contributed by atoms with van der Waals surface area (Å²) in [5.74, 6) is 0. The van der Waals surface area contributed by atoms with Crippen LogP contribution in [0.15, 0.2) is 0 Å². The van der Waals surface area contributed by atoms with Gasteiger partial charge in [0.1, 0.15) is 12.1 Å². The third-order valence-electron chi connectivity index (χ3n) is 2.40. The lowest BCUT2D eigenvalue weighted by molar-refractivity contribution is -1.09. The molecule has 0 fully saturated rings. The Bertz CT molecular complexity index is 141. The Balaban J connectivity index is 4.00. The normalized spacial score (nSPS) is 13.4. The molecule has 0 spiro atoms. The summed E-state index contributed by atoms with van der Waals surface area (Å²) in [5, 5.41) is 0. The lowest BCUT2D eigenvalue weighted by atomic mass is 10.1. The van der Waals surface area contributed by atoms with Crippen LogP contribution >= 0.6 is 0 Å². The average molecular weight is 188 g/mol. The molecule has 0 aliphatic rings. The second-order valence-corrected chi connectivity index (χ2v) is 4.86. The molecule has 80 valence electrons. The van der Waals surface area contributed by atoms with Gasteiger partial charge in [0.2, 0.25) is 0 Å². The van der Waals surface area contributed by atoms with E-state index in [9.17, 15) is 0 Å². The Labute approximate surface area is 83.4 Å². The van der Waals surface area contributed by atoms with Gasteiger partial charge in [0, 0.05) is 0 Å². The van der Waals surface area contributed by atoms with Gasteiger partial charge in [-0.15, -0.1) is 0 Å². The van der Waals surface area contributed by atoms with E-state index in [2.05, 4.69) is 41.8 Å². The monoisotopic (exact) mass is 188 g/mol. The van der Waals surface area contributed by atoms with Gasteiger partial charge in [-0.1, -0.05) is 20.3 Å². The van der Waals surface area contributed by atoms with Crippen LogP contribution in [0.1, 0.15) is 47.0 Å². The minimum absolute atomic E-state index is 0.00274. The second-order valence-electron chi connectivity index (χ2n) is 4.86. The Morgan fingerprint density at radius 2 is 1.69 bits per heavy atom. The van der Waals surface area contributed by atoms with Crippen LogP contribution in [0.5, 0.6) is 0 Å². The number of rotatable bonds is 6. The van der Waals surface area contributed by atoms with E-state index in [0.29, 0.717) is 4.65 Å². The summed E-state index contributed by atoms with van der Waals surface area (Å²) in [7, 11) is 4.26. The van der Waals surface area contributed by atoms with Crippen molar-refractivity contribution in [3.8, 4) is 0 Å². The summed E-state index contributed by atoms with van der Waals surface area (Å²) in [6, 6.07) is 0. The minimum atomic E-state index is -0.00274. The fourth-order valence-corrected chi connectivity index (χ4v) is 1.32. The molecule has 2 nitrogen and oxygen atoms in total. The third-order valence-corrected chi connectivity index (χ3v) is 2.40. The van der Waals surface area contributed by atoms with Crippen LogP contribution in [0.25, 0.3) is 0 Å². The summed E-state index contributed by atoms with van der Waals surface area (Å²) in [6.07, 6.45) is 3.52. The van der Waals surface area contributed by atoms with E-state index < -0.39 is 0 Å². The second kappa shape index (κ2) is 4.97. The van der Waals surface area contributed by atoms with Gasteiger partial charge in [-0.25, -0.2) is 0 Å². The summed E-state index contributed by atoms with van der Waals surface area (Å²) in [6.45, 7) is 9.78. The zero-order valence-electron chi connectivity index (χ0n) is 10.2. The predicted octanol–water partition coefficient (Wildman–Crippen LogP) is 2.98. The van der Waals surface area contributed by atoms with Crippen molar-refractivity contribution in [1.82, 2.24) is 0 Å². The lowest BCUT2D eigenvalue weighted by Gasteiger charge is -2.35. The molecule has 0 aromatic rings. The first-order valence-electron chi connectivity index (χ1n) is 5.37. The van der Waals surface area contributed by atoms with Gasteiger partial charge >= 0.3 is 0 Å².